The summed E-state index contributed by atoms with van der Waals surface area (Å²) in [6, 6.07) is 0.991. The average Bonchev–Trinajstić information content (AvgIpc) is 2.36. The number of hydrogen-bond donors (Lipinski definition) is 1. The highest BCUT2D eigenvalue weighted by Crippen LogP contribution is 2.32. The summed E-state index contributed by atoms with van der Waals surface area (Å²) in [6.45, 7) is 8.63. The molecule has 2 fully saturated rings. The van der Waals surface area contributed by atoms with Crippen LogP contribution in [-0.2, 0) is 4.74 Å². The van der Waals surface area contributed by atoms with Crippen molar-refractivity contribution in [3.05, 3.63) is 0 Å². The van der Waals surface area contributed by atoms with Crippen LogP contribution in [0, 0.1) is 11.8 Å². The minimum Gasteiger partial charge on any atom is -0.379 e. The molecule has 2 aliphatic rings. The van der Waals surface area contributed by atoms with E-state index in [9.17, 15) is 0 Å². The molecular weight excluding hydrogens is 224 g/mol. The van der Waals surface area contributed by atoms with E-state index in [1.165, 1.54) is 38.6 Å². The first-order chi connectivity index (χ1) is 8.70. The van der Waals surface area contributed by atoms with Crippen molar-refractivity contribution in [2.75, 3.05) is 26.3 Å². The molecule has 3 heteroatoms. The van der Waals surface area contributed by atoms with Crippen LogP contribution in [-0.4, -0.2) is 43.3 Å². The highest BCUT2D eigenvalue weighted by atomic mass is 16.5. The summed E-state index contributed by atoms with van der Waals surface area (Å²) < 4.78 is 5.51. The molecule has 1 aliphatic heterocycles. The lowest BCUT2D eigenvalue weighted by atomic mass is 9.76. The summed E-state index contributed by atoms with van der Waals surface area (Å²) in [5, 5.41) is 0. The number of nitrogens with two attached hydrogens (primary N) is 1. The predicted octanol–water partition coefficient (Wildman–Crippen LogP) is 2.25. The van der Waals surface area contributed by atoms with Crippen molar-refractivity contribution in [2.45, 2.75) is 58.0 Å². The van der Waals surface area contributed by atoms with Gasteiger partial charge in [0.15, 0.2) is 0 Å². The largest absolute Gasteiger partial charge is 0.379 e. The zero-order valence-electron chi connectivity index (χ0n) is 12.1. The second kappa shape index (κ2) is 6.88. The molecule has 0 radical (unpaired) electrons. The van der Waals surface area contributed by atoms with Gasteiger partial charge in [0, 0.05) is 25.2 Å². The molecule has 0 aromatic heterocycles. The summed E-state index contributed by atoms with van der Waals surface area (Å²) in [5.74, 6) is 1.63. The Labute approximate surface area is 112 Å². The van der Waals surface area contributed by atoms with Gasteiger partial charge in [0.1, 0.15) is 0 Å². The van der Waals surface area contributed by atoms with Gasteiger partial charge in [0.25, 0.3) is 0 Å². The van der Waals surface area contributed by atoms with Crippen LogP contribution in [0.4, 0.5) is 0 Å². The maximum atomic E-state index is 6.34. The van der Waals surface area contributed by atoms with Gasteiger partial charge in [-0.1, -0.05) is 19.8 Å². The van der Waals surface area contributed by atoms with Crippen LogP contribution < -0.4 is 5.73 Å². The second-order valence-electron chi connectivity index (χ2n) is 6.31. The zero-order chi connectivity index (χ0) is 13.0. The second-order valence-corrected chi connectivity index (χ2v) is 6.31. The van der Waals surface area contributed by atoms with Gasteiger partial charge in [0.2, 0.25) is 0 Å². The van der Waals surface area contributed by atoms with Gasteiger partial charge < -0.3 is 10.5 Å². The highest BCUT2D eigenvalue weighted by molar-refractivity contribution is 4.86. The summed E-state index contributed by atoms with van der Waals surface area (Å²) in [4.78, 5) is 2.59. The van der Waals surface area contributed by atoms with Crippen molar-refractivity contribution in [1.29, 1.82) is 0 Å². The lowest BCUT2D eigenvalue weighted by Gasteiger charge is -2.40. The SMILES string of the molecule is CCCC1CCC(N)C(CN2CCOCC2C)C1. The topological polar surface area (TPSA) is 38.5 Å². The first-order valence-electron chi connectivity index (χ1n) is 7.78. The fourth-order valence-electron chi connectivity index (χ4n) is 3.60. The van der Waals surface area contributed by atoms with E-state index in [0.29, 0.717) is 18.0 Å². The lowest BCUT2D eigenvalue weighted by molar-refractivity contribution is -0.0133. The molecule has 0 bridgehead atoms. The van der Waals surface area contributed by atoms with Crippen LogP contribution in [0.25, 0.3) is 0 Å². The van der Waals surface area contributed by atoms with E-state index in [0.717, 1.165) is 25.7 Å². The van der Waals surface area contributed by atoms with Crippen molar-refractivity contribution < 1.29 is 4.74 Å². The molecule has 1 aliphatic carbocycles. The Morgan fingerprint density at radius 1 is 1.33 bits per heavy atom. The number of nitrogens with zero attached hydrogens (tertiary/aromatic N) is 1. The van der Waals surface area contributed by atoms with Crippen molar-refractivity contribution in [3.63, 3.8) is 0 Å². The molecule has 0 spiro atoms. The Hall–Kier alpha value is -0.120. The maximum Gasteiger partial charge on any atom is 0.0619 e. The molecular formula is C15H30N2O. The molecule has 1 saturated carbocycles. The number of morpholine rings is 1. The standard InChI is InChI=1S/C15H30N2O/c1-3-4-13-5-6-15(16)14(9-13)10-17-7-8-18-11-12(17)2/h12-15H,3-11,16H2,1-2H3. The van der Waals surface area contributed by atoms with Crippen LogP contribution in [0.5, 0.6) is 0 Å². The van der Waals surface area contributed by atoms with Crippen molar-refractivity contribution in [1.82, 2.24) is 4.90 Å². The van der Waals surface area contributed by atoms with Gasteiger partial charge in [-0.3, -0.25) is 4.90 Å². The Morgan fingerprint density at radius 2 is 2.17 bits per heavy atom. The molecule has 3 nitrogen and oxygen atoms in total. The Bertz CT molecular complexity index is 247. The normalized spacial score (nSPS) is 38.8. The van der Waals surface area contributed by atoms with E-state index in [-0.39, 0.29) is 0 Å². The van der Waals surface area contributed by atoms with E-state index < -0.39 is 0 Å². The van der Waals surface area contributed by atoms with Crippen molar-refractivity contribution in [2.24, 2.45) is 17.6 Å². The molecule has 4 unspecified atom stereocenters. The van der Waals surface area contributed by atoms with E-state index >= 15 is 0 Å². The van der Waals surface area contributed by atoms with Gasteiger partial charge in [-0.05, 0) is 38.0 Å². The predicted molar refractivity (Wildman–Crippen MR) is 75.6 cm³/mol. The van der Waals surface area contributed by atoms with Crippen molar-refractivity contribution in [3.8, 4) is 0 Å². The first-order valence-corrected chi connectivity index (χ1v) is 7.78. The minimum absolute atomic E-state index is 0.424. The van der Waals surface area contributed by atoms with Gasteiger partial charge >= 0.3 is 0 Å². The number of hydrogen-bond acceptors (Lipinski definition) is 3. The van der Waals surface area contributed by atoms with Gasteiger partial charge in [0.05, 0.1) is 13.2 Å². The summed E-state index contributed by atoms with van der Waals surface area (Å²) in [5.41, 5.74) is 6.34. The fraction of sp³-hybridized carbons (Fsp3) is 1.00. The van der Waals surface area contributed by atoms with Crippen LogP contribution in [0.15, 0.2) is 0 Å². The summed E-state index contributed by atoms with van der Waals surface area (Å²) in [6.07, 6.45) is 6.64. The Kier molecular flexibility index (Phi) is 5.46. The first kappa shape index (κ1) is 14.3. The molecule has 0 aromatic carbocycles. The third-order valence-corrected chi connectivity index (χ3v) is 4.82. The Morgan fingerprint density at radius 3 is 2.89 bits per heavy atom. The molecule has 2 rings (SSSR count). The number of ether oxygens (including phenoxy) is 1. The number of rotatable bonds is 4. The molecule has 0 aromatic rings. The molecule has 1 saturated heterocycles. The smallest absolute Gasteiger partial charge is 0.0619 e. The fourth-order valence-corrected chi connectivity index (χ4v) is 3.60. The van der Waals surface area contributed by atoms with Crippen LogP contribution >= 0.6 is 0 Å². The lowest BCUT2D eigenvalue weighted by Crippen LogP contribution is -2.50. The Balaban J connectivity index is 1.85. The van der Waals surface area contributed by atoms with Crippen LogP contribution in [0.1, 0.15) is 46.0 Å². The molecule has 2 N–H and O–H groups in total. The van der Waals surface area contributed by atoms with E-state index in [1.54, 1.807) is 0 Å². The van der Waals surface area contributed by atoms with Gasteiger partial charge in [-0.25, -0.2) is 0 Å². The third kappa shape index (κ3) is 3.69. The monoisotopic (exact) mass is 254 g/mol. The summed E-state index contributed by atoms with van der Waals surface area (Å²) in [7, 11) is 0. The maximum absolute atomic E-state index is 6.34. The minimum atomic E-state index is 0.424. The zero-order valence-corrected chi connectivity index (χ0v) is 12.1. The molecule has 1 heterocycles. The van der Waals surface area contributed by atoms with Crippen LogP contribution in [0.3, 0.4) is 0 Å². The third-order valence-electron chi connectivity index (χ3n) is 4.82. The van der Waals surface area contributed by atoms with E-state index in [1.807, 2.05) is 0 Å². The van der Waals surface area contributed by atoms with Gasteiger partial charge in [-0.2, -0.15) is 0 Å². The van der Waals surface area contributed by atoms with E-state index in [4.69, 9.17) is 10.5 Å². The van der Waals surface area contributed by atoms with Gasteiger partial charge in [-0.15, -0.1) is 0 Å². The molecule has 0 amide bonds. The quantitative estimate of drug-likeness (QED) is 0.836. The molecule has 18 heavy (non-hydrogen) atoms. The summed E-state index contributed by atoms with van der Waals surface area (Å²) >= 11 is 0. The molecule has 106 valence electrons. The molecule has 4 atom stereocenters. The van der Waals surface area contributed by atoms with E-state index in [2.05, 4.69) is 18.7 Å². The van der Waals surface area contributed by atoms with Crippen LogP contribution in [0.2, 0.25) is 0 Å². The highest BCUT2D eigenvalue weighted by Gasteiger charge is 2.31. The van der Waals surface area contributed by atoms with Crippen molar-refractivity contribution >= 4 is 0 Å². The average molecular weight is 254 g/mol.